The number of carbonyl (C=O) groups is 4. The molecular formula is C53H61FN4O10S. The van der Waals surface area contributed by atoms with Gasteiger partial charge in [0.1, 0.15) is 11.2 Å². The minimum atomic E-state index is -1.91. The Kier molecular flexibility index (Phi) is 11.0. The SMILES string of the molecule is CC[C@]1(O)C[C@H]2CN(CCc3c([nH]c4ccc(SCc5ccccc5F)cc34)[C@@](C(=O)OC)(C3C=C4C(=CC3OC)N(C=O)[C@@]35O[C@]3(C(=O)OC)[C@H](OC(C)=O)[C@]3(CC)C=CCN6CC[C@]45[C@@H]63)C2)C1. The van der Waals surface area contributed by atoms with Crippen LogP contribution in [0.25, 0.3) is 10.9 Å². The second-order valence-corrected chi connectivity index (χ2v) is 21.7. The first kappa shape index (κ1) is 46.5. The molecule has 1 aromatic heterocycles. The van der Waals surface area contributed by atoms with Gasteiger partial charge in [0.25, 0.3) is 5.60 Å². The van der Waals surface area contributed by atoms with Crippen molar-refractivity contribution in [2.24, 2.45) is 22.7 Å². The van der Waals surface area contributed by atoms with E-state index in [0.717, 1.165) is 26.9 Å². The number of epoxide rings is 1. The lowest BCUT2D eigenvalue weighted by molar-refractivity contribution is -0.183. The van der Waals surface area contributed by atoms with Crippen LogP contribution < -0.4 is 0 Å². The van der Waals surface area contributed by atoms with E-state index >= 15 is 4.79 Å². The zero-order valence-corrected chi connectivity index (χ0v) is 40.9. The molecule has 1 saturated carbocycles. The lowest BCUT2D eigenvalue weighted by Crippen LogP contribution is -2.74. The van der Waals surface area contributed by atoms with Crippen LogP contribution in [-0.2, 0) is 60.5 Å². The van der Waals surface area contributed by atoms with Gasteiger partial charge < -0.3 is 33.8 Å². The predicted molar refractivity (Wildman–Crippen MR) is 253 cm³/mol. The van der Waals surface area contributed by atoms with E-state index in [0.29, 0.717) is 93.9 Å². The van der Waals surface area contributed by atoms with Crippen molar-refractivity contribution >= 4 is 47.0 Å². The normalized spacial score (nSPS) is 38.2. The van der Waals surface area contributed by atoms with E-state index < -0.39 is 75.2 Å². The van der Waals surface area contributed by atoms with E-state index in [9.17, 15) is 23.9 Å². The smallest absolute Gasteiger partial charge is 0.347 e. The van der Waals surface area contributed by atoms with Crippen molar-refractivity contribution in [3.63, 3.8) is 0 Å². The number of aromatic nitrogens is 1. The van der Waals surface area contributed by atoms with Crippen molar-refractivity contribution < 1.29 is 52.4 Å². The summed E-state index contributed by atoms with van der Waals surface area (Å²) < 4.78 is 46.3. The minimum Gasteiger partial charge on any atom is -0.468 e. The van der Waals surface area contributed by atoms with E-state index in [1.54, 1.807) is 31.0 Å². The summed E-state index contributed by atoms with van der Waals surface area (Å²) in [5.74, 6) is -2.56. The molecule has 11 rings (SSSR count). The number of aliphatic hydroxyl groups is 1. The number of halogens is 1. The summed E-state index contributed by atoms with van der Waals surface area (Å²) in [5, 5.41) is 13.1. The number of piperidine rings is 1. The fourth-order valence-corrected chi connectivity index (χ4v) is 16.0. The molecule has 8 aliphatic rings. The van der Waals surface area contributed by atoms with Gasteiger partial charge in [-0.15, -0.1) is 11.8 Å². The zero-order chi connectivity index (χ0) is 48.5. The Bertz CT molecular complexity index is 2760. The van der Waals surface area contributed by atoms with Crippen LogP contribution in [0.5, 0.6) is 0 Å². The molecule has 2 spiro atoms. The van der Waals surface area contributed by atoms with Gasteiger partial charge in [-0.05, 0) is 98.0 Å². The largest absolute Gasteiger partial charge is 0.468 e. The molecule has 12 atom stereocenters. The number of carbonyl (C=O) groups excluding carboxylic acids is 4. The molecule has 7 heterocycles. The lowest BCUT2D eigenvalue weighted by Gasteiger charge is -2.58. The van der Waals surface area contributed by atoms with Crippen molar-refractivity contribution in [3.05, 3.63) is 101 Å². The van der Waals surface area contributed by atoms with Crippen molar-refractivity contribution in [3.8, 4) is 0 Å². The number of nitrogens with zero attached hydrogens (tertiary/aromatic N) is 3. The van der Waals surface area contributed by atoms with Crippen LogP contribution in [0, 0.1) is 28.5 Å². The third-order valence-corrected chi connectivity index (χ3v) is 18.8. The van der Waals surface area contributed by atoms with Crippen LogP contribution in [0.15, 0.2) is 82.9 Å². The van der Waals surface area contributed by atoms with Crippen molar-refractivity contribution in [1.29, 1.82) is 0 Å². The number of allylic oxidation sites excluding steroid dienone is 1. The predicted octanol–water partition coefficient (Wildman–Crippen LogP) is 5.96. The number of benzene rings is 2. The highest BCUT2D eigenvalue weighted by Gasteiger charge is 3.00. The van der Waals surface area contributed by atoms with Gasteiger partial charge in [0.05, 0.1) is 31.3 Å². The molecule has 14 nitrogen and oxygen atoms in total. The van der Waals surface area contributed by atoms with Gasteiger partial charge in [-0.2, -0.15) is 0 Å². The van der Waals surface area contributed by atoms with Crippen LogP contribution in [-0.4, -0.2) is 138 Å². The van der Waals surface area contributed by atoms with Crippen LogP contribution in [0.4, 0.5) is 4.39 Å². The molecule has 1 amide bonds. The molecule has 16 heteroatoms. The third-order valence-electron chi connectivity index (χ3n) is 17.7. The van der Waals surface area contributed by atoms with Crippen molar-refractivity contribution in [1.82, 2.24) is 19.7 Å². The summed E-state index contributed by atoms with van der Waals surface area (Å²) in [7, 11) is 4.29. The van der Waals surface area contributed by atoms with Crippen LogP contribution in [0.3, 0.4) is 0 Å². The number of H-pyrrole nitrogens is 1. The topological polar surface area (TPSA) is 163 Å². The van der Waals surface area contributed by atoms with Gasteiger partial charge in [0, 0.05) is 90.5 Å². The molecule has 0 radical (unpaired) electrons. The number of hydrogen-bond acceptors (Lipinski definition) is 13. The molecule has 2 N–H and O–H groups in total. The number of rotatable bonds is 11. The number of fused-ring (bicyclic) bond motifs is 6. The molecule has 69 heavy (non-hydrogen) atoms. The number of aromatic amines is 1. The molecule has 366 valence electrons. The van der Waals surface area contributed by atoms with E-state index in [-0.39, 0.29) is 18.2 Å². The summed E-state index contributed by atoms with van der Waals surface area (Å²) in [6.07, 6.45) is 9.66. The van der Waals surface area contributed by atoms with E-state index in [1.807, 2.05) is 38.1 Å². The minimum absolute atomic E-state index is 0.163. The Morgan fingerprint density at radius 3 is 2.54 bits per heavy atom. The van der Waals surface area contributed by atoms with Crippen molar-refractivity contribution in [2.75, 3.05) is 54.1 Å². The third kappa shape index (κ3) is 6.08. The summed E-state index contributed by atoms with van der Waals surface area (Å²) in [6, 6.07) is 12.5. The highest BCUT2D eigenvalue weighted by molar-refractivity contribution is 7.98. The molecule has 2 aromatic carbocycles. The molecule has 3 aromatic rings. The maximum absolute atomic E-state index is 15.7. The van der Waals surface area contributed by atoms with Gasteiger partial charge in [0.2, 0.25) is 12.1 Å². The lowest BCUT2D eigenvalue weighted by atomic mass is 9.48. The molecule has 2 bridgehead atoms. The number of hydrogen-bond donors (Lipinski definition) is 2. The van der Waals surface area contributed by atoms with Gasteiger partial charge in [-0.25, -0.2) is 9.18 Å². The number of likely N-dealkylation sites (tertiary alicyclic amines) is 1. The standard InChI is InChI=1S/C53H61FN4O10S/c1-7-48(63)25-32-26-50(46(61)65-5,43-35(16-20-56(27-32)29-48)36-22-34(14-15-40(36)55-43)69-28-33-12-9-10-13-39(33)54)38-23-37-41(24-42(38)64-4)58(30-59)53-51(37)18-21-57-19-11-17-49(8-2,44(51)57)45(67-31(3)60)52(53,68-53)47(62)66-6/h9-15,17,22-24,30,32,38,42,44-45,55,63H,7-8,16,18-21,25-29H2,1-6H3/t32-,38?,42?,44+,45-,48+,49-,50+,51-,52+,53+/m1/s1. The molecule has 5 fully saturated rings. The van der Waals surface area contributed by atoms with Gasteiger partial charge >= 0.3 is 17.9 Å². The average Bonchev–Trinajstić information content (AvgIpc) is 3.56. The Balaban J connectivity index is 1.15. The fraction of sp³-hybridized carbons (Fsp3) is 0.547. The summed E-state index contributed by atoms with van der Waals surface area (Å²) >= 11 is 1.54. The van der Waals surface area contributed by atoms with E-state index in [4.69, 9.17) is 23.7 Å². The second-order valence-electron chi connectivity index (χ2n) is 20.6. The summed E-state index contributed by atoms with van der Waals surface area (Å²) in [5.41, 5.74) is -3.73. The van der Waals surface area contributed by atoms with Crippen molar-refractivity contribution in [2.45, 2.75) is 111 Å². The first-order chi connectivity index (χ1) is 33.2. The Morgan fingerprint density at radius 2 is 1.83 bits per heavy atom. The van der Waals surface area contributed by atoms with Gasteiger partial charge in [0.15, 0.2) is 6.10 Å². The quantitative estimate of drug-likeness (QED) is 0.0579. The molecular weight excluding hydrogens is 904 g/mol. The average molecular weight is 965 g/mol. The van der Waals surface area contributed by atoms with Crippen LogP contribution in [0.1, 0.15) is 69.7 Å². The number of thioether (sulfide) groups is 1. The number of methoxy groups -OCH3 is 3. The fourth-order valence-electron chi connectivity index (χ4n) is 15.1. The Labute approximate surface area is 405 Å². The highest BCUT2D eigenvalue weighted by Crippen LogP contribution is 2.82. The molecule has 6 aliphatic heterocycles. The highest BCUT2D eigenvalue weighted by atomic mass is 32.2. The maximum Gasteiger partial charge on any atom is 0.347 e. The molecule has 4 saturated heterocycles. The number of esters is 3. The Morgan fingerprint density at radius 1 is 1.03 bits per heavy atom. The van der Waals surface area contributed by atoms with Gasteiger partial charge in [-0.3, -0.25) is 29.1 Å². The number of ether oxygens (including phenoxy) is 5. The first-order valence-corrected chi connectivity index (χ1v) is 25.3. The van der Waals surface area contributed by atoms with Crippen LogP contribution >= 0.6 is 11.8 Å². The molecule has 3 unspecified atom stereocenters. The number of nitrogens with one attached hydrogen (secondary N) is 1. The van der Waals surface area contributed by atoms with E-state index in [1.165, 1.54) is 32.1 Å². The molecule has 2 aliphatic carbocycles. The maximum atomic E-state index is 15.7. The second kappa shape index (κ2) is 16.4. The summed E-state index contributed by atoms with van der Waals surface area (Å²) in [4.78, 5) is 68.5. The zero-order valence-electron chi connectivity index (χ0n) is 40.0. The monoisotopic (exact) mass is 964 g/mol. The first-order valence-electron chi connectivity index (χ1n) is 24.3. The summed E-state index contributed by atoms with van der Waals surface area (Å²) in [6.45, 7) is 8.29. The van der Waals surface area contributed by atoms with E-state index in [2.05, 4.69) is 39.1 Å². The Hall–Kier alpha value is -4.84. The number of amides is 1. The van der Waals surface area contributed by atoms with Crippen LogP contribution in [0.2, 0.25) is 0 Å². The van der Waals surface area contributed by atoms with Gasteiger partial charge in [-0.1, -0.05) is 50.3 Å².